The molecule has 0 saturated carbocycles. The quantitative estimate of drug-likeness (QED) is 0.803. The second kappa shape index (κ2) is 5.66. The lowest BCUT2D eigenvalue weighted by Crippen LogP contribution is -2.30. The molecule has 1 aromatic heterocycles. The highest BCUT2D eigenvalue weighted by molar-refractivity contribution is 7.89. The second-order valence-electron chi connectivity index (χ2n) is 4.07. The molecule has 1 unspecified atom stereocenters. The van der Waals surface area contributed by atoms with Crippen LogP contribution in [0.25, 0.3) is 0 Å². The summed E-state index contributed by atoms with van der Waals surface area (Å²) in [5.74, 6) is 1.82. The standard InChI is InChI=1S/C11H20N2O3S/c1-8-7-11(10(3)16-8)9(2)13-5-6-17(14,15)12-4/h7,9,12-13H,5-6H2,1-4H3. The molecule has 0 aliphatic rings. The molecule has 1 aromatic rings. The van der Waals surface area contributed by atoms with Gasteiger partial charge in [0.2, 0.25) is 10.0 Å². The van der Waals surface area contributed by atoms with Gasteiger partial charge in [-0.15, -0.1) is 0 Å². The zero-order chi connectivity index (χ0) is 13.1. The van der Waals surface area contributed by atoms with Crippen molar-refractivity contribution < 1.29 is 12.8 Å². The van der Waals surface area contributed by atoms with E-state index in [9.17, 15) is 8.42 Å². The number of hydrogen-bond donors (Lipinski definition) is 2. The first kappa shape index (κ1) is 14.2. The maximum Gasteiger partial charge on any atom is 0.212 e. The van der Waals surface area contributed by atoms with Crippen molar-refractivity contribution in [1.29, 1.82) is 0 Å². The van der Waals surface area contributed by atoms with Crippen molar-refractivity contribution in [3.63, 3.8) is 0 Å². The summed E-state index contributed by atoms with van der Waals surface area (Å²) in [7, 11) is -1.72. The van der Waals surface area contributed by atoms with Crippen LogP contribution in [0.1, 0.15) is 30.0 Å². The van der Waals surface area contributed by atoms with Gasteiger partial charge in [0, 0.05) is 18.2 Å². The van der Waals surface area contributed by atoms with Crippen LogP contribution in [-0.4, -0.2) is 27.8 Å². The largest absolute Gasteiger partial charge is 0.466 e. The smallest absolute Gasteiger partial charge is 0.212 e. The average molecular weight is 260 g/mol. The van der Waals surface area contributed by atoms with E-state index in [4.69, 9.17) is 4.42 Å². The van der Waals surface area contributed by atoms with Gasteiger partial charge >= 0.3 is 0 Å². The number of nitrogens with one attached hydrogen (secondary N) is 2. The minimum atomic E-state index is -3.14. The van der Waals surface area contributed by atoms with Crippen LogP contribution in [0.15, 0.2) is 10.5 Å². The summed E-state index contributed by atoms with van der Waals surface area (Å²) in [6, 6.07) is 2.05. The van der Waals surface area contributed by atoms with E-state index in [-0.39, 0.29) is 11.8 Å². The van der Waals surface area contributed by atoms with Crippen LogP contribution >= 0.6 is 0 Å². The van der Waals surface area contributed by atoms with Gasteiger partial charge in [-0.2, -0.15) is 0 Å². The lowest BCUT2D eigenvalue weighted by Gasteiger charge is -2.12. The van der Waals surface area contributed by atoms with Crippen molar-refractivity contribution >= 4 is 10.0 Å². The Balaban J connectivity index is 2.51. The summed E-state index contributed by atoms with van der Waals surface area (Å²) in [6.45, 7) is 6.21. The van der Waals surface area contributed by atoms with Crippen LogP contribution in [-0.2, 0) is 10.0 Å². The van der Waals surface area contributed by atoms with Crippen LogP contribution in [0.3, 0.4) is 0 Å². The van der Waals surface area contributed by atoms with E-state index in [2.05, 4.69) is 10.0 Å². The Labute approximate surface area is 103 Å². The molecule has 0 bridgehead atoms. The van der Waals surface area contributed by atoms with E-state index < -0.39 is 10.0 Å². The predicted octanol–water partition coefficient (Wildman–Crippen LogP) is 1.10. The Morgan fingerprint density at radius 1 is 1.41 bits per heavy atom. The molecule has 0 aromatic carbocycles. The van der Waals surface area contributed by atoms with Crippen LogP contribution in [0, 0.1) is 13.8 Å². The summed E-state index contributed by atoms with van der Waals surface area (Å²) < 4.78 is 30.2. The zero-order valence-corrected chi connectivity index (χ0v) is 11.5. The molecule has 17 heavy (non-hydrogen) atoms. The van der Waals surface area contributed by atoms with Gasteiger partial charge in [0.05, 0.1) is 5.75 Å². The van der Waals surface area contributed by atoms with Crippen LogP contribution in [0.2, 0.25) is 0 Å². The highest BCUT2D eigenvalue weighted by Crippen LogP contribution is 2.20. The highest BCUT2D eigenvalue weighted by Gasteiger charge is 2.13. The van der Waals surface area contributed by atoms with E-state index in [0.29, 0.717) is 6.54 Å². The number of aryl methyl sites for hydroxylation is 2. The Morgan fingerprint density at radius 2 is 2.06 bits per heavy atom. The summed E-state index contributed by atoms with van der Waals surface area (Å²) in [5, 5.41) is 3.16. The molecule has 0 aliphatic heterocycles. The first-order valence-corrected chi connectivity index (χ1v) is 7.22. The van der Waals surface area contributed by atoms with Gasteiger partial charge in [0.15, 0.2) is 0 Å². The Kier molecular flexibility index (Phi) is 4.73. The van der Waals surface area contributed by atoms with Crippen LogP contribution < -0.4 is 10.0 Å². The molecule has 0 saturated heterocycles. The Hall–Kier alpha value is -0.850. The van der Waals surface area contributed by atoms with Gasteiger partial charge in [-0.1, -0.05) is 0 Å². The van der Waals surface area contributed by atoms with Crippen LogP contribution in [0.5, 0.6) is 0 Å². The first-order chi connectivity index (χ1) is 7.85. The van der Waals surface area contributed by atoms with E-state index in [1.807, 2.05) is 26.8 Å². The molecule has 0 fully saturated rings. The molecule has 0 spiro atoms. The molecule has 1 heterocycles. The minimum absolute atomic E-state index is 0.0731. The number of rotatable bonds is 6. The molecule has 5 nitrogen and oxygen atoms in total. The van der Waals surface area contributed by atoms with E-state index in [1.165, 1.54) is 7.05 Å². The van der Waals surface area contributed by atoms with E-state index in [0.717, 1.165) is 17.1 Å². The third-order valence-electron chi connectivity index (χ3n) is 2.68. The first-order valence-electron chi connectivity index (χ1n) is 5.57. The second-order valence-corrected chi connectivity index (χ2v) is 6.11. The van der Waals surface area contributed by atoms with Gasteiger partial charge < -0.3 is 9.73 Å². The molecule has 1 rings (SSSR count). The fourth-order valence-electron chi connectivity index (χ4n) is 1.70. The number of furan rings is 1. The number of hydrogen-bond acceptors (Lipinski definition) is 4. The average Bonchev–Trinajstić information content (AvgIpc) is 2.57. The summed E-state index contributed by atoms with van der Waals surface area (Å²) in [4.78, 5) is 0. The normalized spacial score (nSPS) is 13.9. The molecule has 0 radical (unpaired) electrons. The fraction of sp³-hybridized carbons (Fsp3) is 0.636. The predicted molar refractivity (Wildman–Crippen MR) is 67.4 cm³/mol. The minimum Gasteiger partial charge on any atom is -0.466 e. The molecule has 2 N–H and O–H groups in total. The van der Waals surface area contributed by atoms with Crippen molar-refractivity contribution in [2.75, 3.05) is 19.3 Å². The van der Waals surface area contributed by atoms with Gasteiger partial charge in [-0.05, 0) is 33.9 Å². The summed E-state index contributed by atoms with van der Waals surface area (Å²) in [6.07, 6.45) is 0. The molecule has 1 atom stereocenters. The molecular formula is C11H20N2O3S. The number of sulfonamides is 1. The van der Waals surface area contributed by atoms with Crippen molar-refractivity contribution in [1.82, 2.24) is 10.0 Å². The molecule has 6 heteroatoms. The lowest BCUT2D eigenvalue weighted by molar-refractivity contribution is 0.492. The van der Waals surface area contributed by atoms with Gasteiger partial charge in [-0.3, -0.25) is 0 Å². The summed E-state index contributed by atoms with van der Waals surface area (Å²) in [5.41, 5.74) is 1.07. The SMILES string of the molecule is CNS(=O)(=O)CCNC(C)c1cc(C)oc1C. The maximum atomic E-state index is 11.2. The molecule has 98 valence electrons. The molecular weight excluding hydrogens is 240 g/mol. The Morgan fingerprint density at radius 3 is 2.53 bits per heavy atom. The lowest BCUT2D eigenvalue weighted by atomic mass is 10.1. The van der Waals surface area contributed by atoms with Gasteiger partial charge in [-0.25, -0.2) is 13.1 Å². The van der Waals surface area contributed by atoms with Crippen molar-refractivity contribution in [2.24, 2.45) is 0 Å². The zero-order valence-electron chi connectivity index (χ0n) is 10.7. The third-order valence-corrected chi connectivity index (χ3v) is 4.04. The monoisotopic (exact) mass is 260 g/mol. The third kappa shape index (κ3) is 4.14. The highest BCUT2D eigenvalue weighted by atomic mass is 32.2. The van der Waals surface area contributed by atoms with E-state index in [1.54, 1.807) is 0 Å². The van der Waals surface area contributed by atoms with Gasteiger partial charge in [0.25, 0.3) is 0 Å². The van der Waals surface area contributed by atoms with Crippen molar-refractivity contribution in [3.8, 4) is 0 Å². The van der Waals surface area contributed by atoms with Crippen molar-refractivity contribution in [2.45, 2.75) is 26.8 Å². The van der Waals surface area contributed by atoms with Gasteiger partial charge in [0.1, 0.15) is 11.5 Å². The van der Waals surface area contributed by atoms with Crippen molar-refractivity contribution in [3.05, 3.63) is 23.2 Å². The topological polar surface area (TPSA) is 71.3 Å². The molecule has 0 aliphatic carbocycles. The van der Waals surface area contributed by atoms with E-state index >= 15 is 0 Å². The Bertz CT molecular complexity index is 465. The fourth-order valence-corrected chi connectivity index (χ4v) is 2.29. The molecule has 0 amide bonds. The van der Waals surface area contributed by atoms with Crippen LogP contribution in [0.4, 0.5) is 0 Å². The summed E-state index contributed by atoms with van der Waals surface area (Å²) >= 11 is 0. The maximum absolute atomic E-state index is 11.2.